The molecule has 5 rings (SSSR count). The molecule has 1 saturated carbocycles. The minimum absolute atomic E-state index is 0.108. The minimum Gasteiger partial charge on any atom is -0.280 e. The molecule has 9 heteroatoms. The molecule has 2 aliphatic rings. The zero-order valence-corrected chi connectivity index (χ0v) is 18.6. The zero-order valence-electron chi connectivity index (χ0n) is 17.0. The molecule has 1 fully saturated rings. The van der Waals surface area contributed by atoms with Gasteiger partial charge in [-0.1, -0.05) is 36.4 Å². The van der Waals surface area contributed by atoms with E-state index in [0.717, 1.165) is 15.6 Å². The van der Waals surface area contributed by atoms with Crippen LogP contribution in [0.2, 0.25) is 0 Å². The van der Waals surface area contributed by atoms with Crippen LogP contribution < -0.4 is 4.90 Å². The van der Waals surface area contributed by atoms with E-state index < -0.39 is 21.8 Å². The van der Waals surface area contributed by atoms with Crippen molar-refractivity contribution in [3.05, 3.63) is 77.7 Å². The van der Waals surface area contributed by atoms with Gasteiger partial charge < -0.3 is 0 Å². The minimum atomic E-state index is -3.94. The third-order valence-corrected chi connectivity index (χ3v) is 8.16. The lowest BCUT2D eigenvalue weighted by Crippen LogP contribution is -2.32. The molecule has 32 heavy (non-hydrogen) atoms. The molecule has 2 amide bonds. The second-order valence-corrected chi connectivity index (χ2v) is 10.3. The number of anilines is 1. The Bertz CT molecular complexity index is 1340. The van der Waals surface area contributed by atoms with E-state index in [0.29, 0.717) is 18.0 Å². The Morgan fingerprint density at radius 1 is 1.22 bits per heavy atom. The standard InChI is InChI=1S/C23H19N3O4S2/c1-2-12-25(23-24-19(14-31-23)15-6-4-3-5-7-15)21(27)16-8-11-18-20(13-16)32(29,30)26(22(18)28)17-9-10-17/h2-8,11,13-14,17H,1,9-10,12H2. The van der Waals surface area contributed by atoms with E-state index in [4.69, 9.17) is 0 Å². The summed E-state index contributed by atoms with van der Waals surface area (Å²) in [5.41, 5.74) is 1.97. The number of carbonyl (C=O) groups excluding carboxylic acids is 2. The van der Waals surface area contributed by atoms with Gasteiger partial charge >= 0.3 is 0 Å². The first-order valence-corrected chi connectivity index (χ1v) is 12.4. The fourth-order valence-electron chi connectivity index (χ4n) is 3.71. The highest BCUT2D eigenvalue weighted by atomic mass is 32.2. The maximum Gasteiger partial charge on any atom is 0.269 e. The maximum absolute atomic E-state index is 13.4. The number of sulfonamides is 1. The van der Waals surface area contributed by atoms with Crippen LogP contribution in [0.5, 0.6) is 0 Å². The molecule has 162 valence electrons. The zero-order chi connectivity index (χ0) is 22.5. The van der Waals surface area contributed by atoms with Crippen LogP contribution in [0.15, 0.2) is 71.5 Å². The smallest absolute Gasteiger partial charge is 0.269 e. The largest absolute Gasteiger partial charge is 0.280 e. The summed E-state index contributed by atoms with van der Waals surface area (Å²) in [7, 11) is -3.94. The molecule has 3 aromatic rings. The third-order valence-electron chi connectivity index (χ3n) is 5.42. The van der Waals surface area contributed by atoms with Crippen LogP contribution in [-0.4, -0.2) is 42.1 Å². The molecule has 0 radical (unpaired) electrons. The van der Waals surface area contributed by atoms with Crippen molar-refractivity contribution in [2.45, 2.75) is 23.8 Å². The molecule has 0 saturated heterocycles. The van der Waals surface area contributed by atoms with Crippen LogP contribution in [0, 0.1) is 0 Å². The van der Waals surface area contributed by atoms with Crippen LogP contribution >= 0.6 is 11.3 Å². The average Bonchev–Trinajstić information content (AvgIpc) is 3.46. The number of amides is 2. The summed E-state index contributed by atoms with van der Waals surface area (Å²) in [6.45, 7) is 3.94. The fourth-order valence-corrected chi connectivity index (χ4v) is 6.40. The van der Waals surface area contributed by atoms with Gasteiger partial charge in [0, 0.05) is 29.1 Å². The monoisotopic (exact) mass is 465 g/mol. The second-order valence-electron chi connectivity index (χ2n) is 7.63. The number of thiazole rings is 1. The molecule has 0 unspecified atom stereocenters. The van der Waals surface area contributed by atoms with E-state index >= 15 is 0 Å². The summed E-state index contributed by atoms with van der Waals surface area (Å²) < 4.78 is 26.8. The Balaban J connectivity index is 1.49. The van der Waals surface area contributed by atoms with E-state index in [9.17, 15) is 18.0 Å². The quantitative estimate of drug-likeness (QED) is 0.515. The van der Waals surface area contributed by atoms with Gasteiger partial charge in [0.2, 0.25) is 0 Å². The van der Waals surface area contributed by atoms with Crippen molar-refractivity contribution >= 4 is 38.3 Å². The number of hydrogen-bond acceptors (Lipinski definition) is 6. The molecular weight excluding hydrogens is 446 g/mol. The SMILES string of the molecule is C=CCN(C(=O)c1ccc2c(c1)S(=O)(=O)N(C1CC1)C2=O)c1nc(-c2ccccc2)cs1. The molecule has 1 aliphatic heterocycles. The average molecular weight is 466 g/mol. The van der Waals surface area contributed by atoms with Gasteiger partial charge in [0.05, 0.1) is 11.3 Å². The Kier molecular flexibility index (Phi) is 4.94. The second kappa shape index (κ2) is 7.68. The summed E-state index contributed by atoms with van der Waals surface area (Å²) in [6.07, 6.45) is 2.93. The van der Waals surface area contributed by atoms with Gasteiger partial charge in [-0.2, -0.15) is 0 Å². The van der Waals surface area contributed by atoms with E-state index in [1.165, 1.54) is 34.4 Å². The molecule has 0 atom stereocenters. The molecule has 0 bridgehead atoms. The molecule has 1 aliphatic carbocycles. The lowest BCUT2D eigenvalue weighted by atomic mass is 10.1. The van der Waals surface area contributed by atoms with Crippen molar-refractivity contribution in [1.82, 2.24) is 9.29 Å². The van der Waals surface area contributed by atoms with Crippen molar-refractivity contribution in [3.8, 4) is 11.3 Å². The fraction of sp³-hybridized carbons (Fsp3) is 0.174. The highest BCUT2D eigenvalue weighted by Gasteiger charge is 2.49. The first-order chi connectivity index (χ1) is 15.4. The molecule has 0 N–H and O–H groups in total. The Morgan fingerprint density at radius 3 is 2.66 bits per heavy atom. The van der Waals surface area contributed by atoms with Crippen LogP contribution in [0.1, 0.15) is 33.6 Å². The molecule has 7 nitrogen and oxygen atoms in total. The van der Waals surface area contributed by atoms with Crippen molar-refractivity contribution in [2.75, 3.05) is 11.4 Å². The first-order valence-electron chi connectivity index (χ1n) is 10.1. The van der Waals surface area contributed by atoms with Gasteiger partial charge in [0.15, 0.2) is 5.13 Å². The normalized spacial score (nSPS) is 16.6. The molecule has 2 aromatic carbocycles. The number of benzene rings is 2. The topological polar surface area (TPSA) is 87.7 Å². The van der Waals surface area contributed by atoms with Crippen LogP contribution in [0.4, 0.5) is 5.13 Å². The number of hydrogen-bond donors (Lipinski definition) is 0. The lowest BCUT2D eigenvalue weighted by molar-refractivity contribution is 0.0864. The summed E-state index contributed by atoms with van der Waals surface area (Å²) in [4.78, 5) is 31.9. The number of aromatic nitrogens is 1. The molecular formula is C23H19N3O4S2. The van der Waals surface area contributed by atoms with E-state index in [1.807, 2.05) is 35.7 Å². The predicted octanol–water partition coefficient (Wildman–Crippen LogP) is 3.95. The van der Waals surface area contributed by atoms with Crippen molar-refractivity contribution in [2.24, 2.45) is 0 Å². The maximum atomic E-state index is 13.4. The van der Waals surface area contributed by atoms with Crippen LogP contribution in [0.25, 0.3) is 11.3 Å². The van der Waals surface area contributed by atoms with Gasteiger partial charge in [0.1, 0.15) is 4.90 Å². The Morgan fingerprint density at radius 2 is 1.97 bits per heavy atom. The van der Waals surface area contributed by atoms with E-state index in [2.05, 4.69) is 11.6 Å². The molecule has 0 spiro atoms. The van der Waals surface area contributed by atoms with Crippen molar-refractivity contribution < 1.29 is 18.0 Å². The Labute approximate surface area is 189 Å². The first kappa shape index (κ1) is 20.6. The summed E-state index contributed by atoms with van der Waals surface area (Å²) >= 11 is 1.32. The van der Waals surface area contributed by atoms with Gasteiger partial charge in [-0.25, -0.2) is 17.7 Å². The van der Waals surface area contributed by atoms with Crippen LogP contribution in [-0.2, 0) is 10.0 Å². The highest BCUT2D eigenvalue weighted by Crippen LogP contribution is 2.40. The summed E-state index contributed by atoms with van der Waals surface area (Å²) in [5.74, 6) is -0.925. The summed E-state index contributed by atoms with van der Waals surface area (Å²) in [6, 6.07) is 13.6. The van der Waals surface area contributed by atoms with Gasteiger partial charge in [-0.3, -0.25) is 14.5 Å². The van der Waals surface area contributed by atoms with E-state index in [1.54, 1.807) is 6.08 Å². The number of rotatable bonds is 6. The van der Waals surface area contributed by atoms with E-state index in [-0.39, 0.29) is 28.6 Å². The number of nitrogens with zero attached hydrogens (tertiary/aromatic N) is 3. The molecule has 2 heterocycles. The van der Waals surface area contributed by atoms with Gasteiger partial charge in [-0.15, -0.1) is 17.9 Å². The summed E-state index contributed by atoms with van der Waals surface area (Å²) in [5, 5.41) is 2.35. The van der Waals surface area contributed by atoms with Crippen molar-refractivity contribution in [3.63, 3.8) is 0 Å². The highest BCUT2D eigenvalue weighted by molar-refractivity contribution is 7.90. The predicted molar refractivity (Wildman–Crippen MR) is 122 cm³/mol. The van der Waals surface area contributed by atoms with Gasteiger partial charge in [-0.05, 0) is 31.0 Å². The van der Waals surface area contributed by atoms with Gasteiger partial charge in [0.25, 0.3) is 21.8 Å². The Hall–Kier alpha value is -3.30. The third kappa shape index (κ3) is 3.34. The number of carbonyl (C=O) groups is 2. The molecule has 1 aromatic heterocycles. The van der Waals surface area contributed by atoms with Crippen LogP contribution in [0.3, 0.4) is 0 Å². The van der Waals surface area contributed by atoms with Crippen molar-refractivity contribution in [1.29, 1.82) is 0 Å². The lowest BCUT2D eigenvalue weighted by Gasteiger charge is -2.18. The number of fused-ring (bicyclic) bond motifs is 1.